The van der Waals surface area contributed by atoms with Gasteiger partial charge in [0.15, 0.2) is 0 Å². The molecule has 0 atom stereocenters. The second-order valence-corrected chi connectivity index (χ2v) is 4.21. The molecule has 2 amide bonds. The Morgan fingerprint density at radius 1 is 1.00 bits per heavy atom. The van der Waals surface area contributed by atoms with E-state index in [1.807, 2.05) is 0 Å². The van der Waals surface area contributed by atoms with Crippen molar-refractivity contribution in [2.24, 2.45) is 0 Å². The molecule has 2 rings (SSSR count). The van der Waals surface area contributed by atoms with Crippen molar-refractivity contribution in [3.05, 3.63) is 44.0 Å². The SMILES string of the molecule is O=C(ON1C(=O)CCC1=O)c1cc([N+](=O)[O-])cc([N+](=O)[O-])c1. The van der Waals surface area contributed by atoms with Crippen LogP contribution in [-0.2, 0) is 14.4 Å². The van der Waals surface area contributed by atoms with E-state index in [1.165, 1.54) is 0 Å². The predicted octanol–water partition coefficient (Wildman–Crippen LogP) is 0.724. The van der Waals surface area contributed by atoms with Gasteiger partial charge in [0, 0.05) is 25.0 Å². The number of carbonyl (C=O) groups is 3. The van der Waals surface area contributed by atoms with E-state index < -0.39 is 44.6 Å². The first-order valence-corrected chi connectivity index (χ1v) is 5.81. The molecule has 0 bridgehead atoms. The third-order valence-electron chi connectivity index (χ3n) is 2.74. The zero-order valence-electron chi connectivity index (χ0n) is 10.8. The van der Waals surface area contributed by atoms with Crippen LogP contribution in [0.15, 0.2) is 18.2 Å². The van der Waals surface area contributed by atoms with Gasteiger partial charge in [0.05, 0.1) is 21.5 Å². The maximum atomic E-state index is 11.8. The number of hydrogen-bond acceptors (Lipinski definition) is 8. The summed E-state index contributed by atoms with van der Waals surface area (Å²) in [7, 11) is 0. The Morgan fingerprint density at radius 3 is 1.86 bits per heavy atom. The van der Waals surface area contributed by atoms with Gasteiger partial charge in [-0.15, -0.1) is 5.06 Å². The fourth-order valence-electron chi connectivity index (χ4n) is 1.72. The van der Waals surface area contributed by atoms with Crippen molar-refractivity contribution in [1.29, 1.82) is 0 Å². The second kappa shape index (κ2) is 5.55. The average molecular weight is 309 g/mol. The molecule has 11 heteroatoms. The molecule has 1 aliphatic rings. The van der Waals surface area contributed by atoms with Crippen LogP contribution >= 0.6 is 0 Å². The minimum absolute atomic E-state index is 0.124. The molecule has 1 saturated heterocycles. The Kier molecular flexibility index (Phi) is 3.79. The summed E-state index contributed by atoms with van der Waals surface area (Å²) in [5.41, 5.74) is -1.91. The summed E-state index contributed by atoms with van der Waals surface area (Å²) in [6.07, 6.45) is -0.248. The van der Waals surface area contributed by atoms with Crippen LogP contribution in [0.3, 0.4) is 0 Å². The van der Waals surface area contributed by atoms with E-state index in [4.69, 9.17) is 0 Å². The van der Waals surface area contributed by atoms with Crippen LogP contribution < -0.4 is 0 Å². The molecule has 0 N–H and O–H groups in total. The number of nitro benzene ring substituents is 2. The normalized spacial score (nSPS) is 14.1. The lowest BCUT2D eigenvalue weighted by Gasteiger charge is -2.12. The van der Waals surface area contributed by atoms with E-state index in [-0.39, 0.29) is 17.9 Å². The number of carbonyl (C=O) groups excluding carboxylic acids is 3. The molecule has 0 spiro atoms. The molecule has 1 fully saturated rings. The summed E-state index contributed by atoms with van der Waals surface area (Å²) in [6, 6.07) is 2.17. The number of benzene rings is 1. The molecule has 1 heterocycles. The van der Waals surface area contributed by atoms with Crippen LogP contribution in [0.5, 0.6) is 0 Å². The van der Waals surface area contributed by atoms with E-state index in [2.05, 4.69) is 4.84 Å². The van der Waals surface area contributed by atoms with E-state index >= 15 is 0 Å². The first-order valence-electron chi connectivity index (χ1n) is 5.81. The number of rotatable bonds is 4. The first-order chi connectivity index (χ1) is 10.3. The molecule has 0 radical (unpaired) electrons. The fourth-order valence-corrected chi connectivity index (χ4v) is 1.72. The molecule has 11 nitrogen and oxygen atoms in total. The topological polar surface area (TPSA) is 150 Å². The Labute approximate surface area is 121 Å². The van der Waals surface area contributed by atoms with Gasteiger partial charge in [0.2, 0.25) is 0 Å². The Hall–Kier alpha value is -3.37. The van der Waals surface area contributed by atoms with Crippen LogP contribution in [0.4, 0.5) is 11.4 Å². The standard InChI is InChI=1S/C11H7N3O8/c15-9-1-2-10(16)12(9)22-11(17)6-3-7(13(18)19)5-8(4-6)14(20)21/h3-5H,1-2H2. The number of nitrogens with zero attached hydrogens (tertiary/aromatic N) is 3. The summed E-state index contributed by atoms with van der Waals surface area (Å²) < 4.78 is 0. The molecule has 0 aromatic heterocycles. The van der Waals surface area contributed by atoms with Crippen molar-refractivity contribution in [3.63, 3.8) is 0 Å². The van der Waals surface area contributed by atoms with E-state index in [1.54, 1.807) is 0 Å². The minimum atomic E-state index is -1.28. The number of amides is 2. The predicted molar refractivity (Wildman–Crippen MR) is 66.3 cm³/mol. The van der Waals surface area contributed by atoms with Crippen molar-refractivity contribution in [2.45, 2.75) is 12.8 Å². The zero-order chi connectivity index (χ0) is 16.4. The first kappa shape index (κ1) is 15.0. The van der Waals surface area contributed by atoms with Crippen LogP contribution in [0, 0.1) is 20.2 Å². The summed E-state index contributed by atoms with van der Waals surface area (Å²) in [6.45, 7) is 0. The van der Waals surface area contributed by atoms with Gasteiger partial charge < -0.3 is 4.84 Å². The molecular weight excluding hydrogens is 302 g/mol. The summed E-state index contributed by atoms with van der Waals surface area (Å²) >= 11 is 0. The molecule has 0 aliphatic carbocycles. The lowest BCUT2D eigenvalue weighted by molar-refractivity contribution is -0.394. The molecule has 114 valence electrons. The summed E-state index contributed by atoms with van der Waals surface area (Å²) in [5.74, 6) is -2.76. The number of non-ortho nitro benzene ring substituents is 2. The van der Waals surface area contributed by atoms with Crippen molar-refractivity contribution >= 4 is 29.2 Å². The van der Waals surface area contributed by atoms with Gasteiger partial charge in [-0.05, 0) is 0 Å². The van der Waals surface area contributed by atoms with E-state index in [0.717, 1.165) is 12.1 Å². The number of imide groups is 1. The van der Waals surface area contributed by atoms with Gasteiger partial charge in [0.25, 0.3) is 23.2 Å². The Balaban J connectivity index is 2.32. The van der Waals surface area contributed by atoms with Crippen LogP contribution in [-0.4, -0.2) is 32.7 Å². The average Bonchev–Trinajstić information content (AvgIpc) is 2.78. The molecule has 1 aromatic carbocycles. The summed E-state index contributed by atoms with van der Waals surface area (Å²) in [5, 5.41) is 21.7. The van der Waals surface area contributed by atoms with Gasteiger partial charge in [-0.2, -0.15) is 0 Å². The van der Waals surface area contributed by atoms with Crippen LogP contribution in [0.2, 0.25) is 0 Å². The largest absolute Gasteiger partial charge is 0.364 e. The van der Waals surface area contributed by atoms with Gasteiger partial charge in [0.1, 0.15) is 0 Å². The monoisotopic (exact) mass is 309 g/mol. The van der Waals surface area contributed by atoms with Gasteiger partial charge in [-0.1, -0.05) is 0 Å². The number of hydrogen-bond donors (Lipinski definition) is 0. The maximum absolute atomic E-state index is 11.8. The van der Waals surface area contributed by atoms with E-state index in [9.17, 15) is 34.6 Å². The zero-order valence-corrected chi connectivity index (χ0v) is 10.8. The third kappa shape index (κ3) is 2.87. The number of hydroxylamine groups is 2. The molecule has 0 saturated carbocycles. The summed E-state index contributed by atoms with van der Waals surface area (Å²) in [4.78, 5) is 58.6. The van der Waals surface area contributed by atoms with Crippen LogP contribution in [0.1, 0.15) is 23.2 Å². The Morgan fingerprint density at radius 2 is 1.45 bits per heavy atom. The van der Waals surface area contributed by atoms with Crippen LogP contribution in [0.25, 0.3) is 0 Å². The molecule has 1 aromatic rings. The quantitative estimate of drug-likeness (QED) is 0.448. The lowest BCUT2D eigenvalue weighted by atomic mass is 10.2. The van der Waals surface area contributed by atoms with Crippen molar-refractivity contribution in [2.75, 3.05) is 0 Å². The van der Waals surface area contributed by atoms with Crippen molar-refractivity contribution in [1.82, 2.24) is 5.06 Å². The van der Waals surface area contributed by atoms with Crippen molar-refractivity contribution in [3.8, 4) is 0 Å². The van der Waals surface area contributed by atoms with Gasteiger partial charge in [-0.3, -0.25) is 29.8 Å². The highest BCUT2D eigenvalue weighted by Crippen LogP contribution is 2.24. The van der Waals surface area contributed by atoms with Crippen molar-refractivity contribution < 1.29 is 29.1 Å². The Bertz CT molecular complexity index is 665. The lowest BCUT2D eigenvalue weighted by Crippen LogP contribution is -2.32. The molecule has 22 heavy (non-hydrogen) atoms. The maximum Gasteiger partial charge on any atom is 0.364 e. The second-order valence-electron chi connectivity index (χ2n) is 4.21. The molecular formula is C11H7N3O8. The molecule has 1 aliphatic heterocycles. The van der Waals surface area contributed by atoms with Gasteiger partial charge in [-0.25, -0.2) is 4.79 Å². The van der Waals surface area contributed by atoms with Gasteiger partial charge >= 0.3 is 5.97 Å². The smallest absolute Gasteiger partial charge is 0.325 e. The fraction of sp³-hybridized carbons (Fsp3) is 0.182. The van der Waals surface area contributed by atoms with E-state index in [0.29, 0.717) is 6.07 Å². The highest BCUT2D eigenvalue weighted by molar-refractivity contribution is 6.02. The number of nitro groups is 2. The third-order valence-corrected chi connectivity index (χ3v) is 2.74. The minimum Gasteiger partial charge on any atom is -0.325 e. The highest BCUT2D eigenvalue weighted by atomic mass is 16.7. The molecule has 0 unspecified atom stereocenters. The highest BCUT2D eigenvalue weighted by Gasteiger charge is 2.33.